The Kier molecular flexibility index (Phi) is 2.96. The van der Waals surface area contributed by atoms with Gasteiger partial charge in [-0.1, -0.05) is 0 Å². The van der Waals surface area contributed by atoms with E-state index in [-0.39, 0.29) is 5.91 Å². The highest BCUT2D eigenvalue weighted by molar-refractivity contribution is 5.76. The number of aryl methyl sites for hydroxylation is 1. The molecule has 0 bridgehead atoms. The Morgan fingerprint density at radius 2 is 2.60 bits per heavy atom. The van der Waals surface area contributed by atoms with Crippen molar-refractivity contribution in [3.05, 3.63) is 12.2 Å². The molecule has 1 fully saturated rings. The van der Waals surface area contributed by atoms with Gasteiger partial charge in [-0.15, -0.1) is 0 Å². The minimum absolute atomic E-state index is 0.145. The third-order valence-corrected chi connectivity index (χ3v) is 2.62. The van der Waals surface area contributed by atoms with E-state index in [1.807, 2.05) is 7.05 Å². The first-order valence-corrected chi connectivity index (χ1v) is 5.08. The lowest BCUT2D eigenvalue weighted by molar-refractivity contribution is -0.122. The van der Waals surface area contributed by atoms with Crippen LogP contribution in [0.15, 0.2) is 6.33 Å². The van der Waals surface area contributed by atoms with E-state index in [9.17, 15) is 4.79 Å². The molecule has 0 saturated carbocycles. The molecule has 2 heterocycles. The highest BCUT2D eigenvalue weighted by atomic mass is 16.1. The number of nitrogens with zero attached hydrogens (tertiary/aromatic N) is 3. The zero-order valence-corrected chi connectivity index (χ0v) is 8.73. The van der Waals surface area contributed by atoms with Crippen molar-refractivity contribution in [2.24, 2.45) is 7.05 Å². The molecule has 1 amide bonds. The van der Waals surface area contributed by atoms with Crippen LogP contribution in [0.5, 0.6) is 0 Å². The lowest BCUT2D eigenvalue weighted by Crippen LogP contribution is -2.45. The van der Waals surface area contributed by atoms with Gasteiger partial charge in [-0.05, 0) is 6.42 Å². The molecule has 2 rings (SSSR count). The number of carbonyl (C=O) groups excluding carboxylic acids is 1. The van der Waals surface area contributed by atoms with Crippen molar-refractivity contribution in [2.45, 2.75) is 25.4 Å². The Bertz CT molecular complexity index is 338. The number of hydrogen-bond acceptors (Lipinski definition) is 4. The zero-order chi connectivity index (χ0) is 10.7. The average molecular weight is 209 g/mol. The van der Waals surface area contributed by atoms with E-state index >= 15 is 0 Å². The van der Waals surface area contributed by atoms with E-state index in [0.29, 0.717) is 25.6 Å². The first kappa shape index (κ1) is 10.1. The Hall–Kier alpha value is -1.43. The molecule has 1 aliphatic rings. The van der Waals surface area contributed by atoms with Crippen LogP contribution >= 0.6 is 0 Å². The predicted octanol–water partition coefficient (Wildman–Crippen LogP) is -0.817. The Balaban J connectivity index is 1.79. The van der Waals surface area contributed by atoms with Gasteiger partial charge in [-0.3, -0.25) is 9.48 Å². The molecule has 15 heavy (non-hydrogen) atoms. The molecule has 6 heteroatoms. The molecule has 1 aromatic rings. The van der Waals surface area contributed by atoms with Gasteiger partial charge in [0.1, 0.15) is 12.2 Å². The molecular formula is C9H15N5O. The van der Waals surface area contributed by atoms with E-state index < -0.39 is 0 Å². The van der Waals surface area contributed by atoms with Crippen LogP contribution in [0.25, 0.3) is 0 Å². The lowest BCUT2D eigenvalue weighted by Gasteiger charge is -2.23. The summed E-state index contributed by atoms with van der Waals surface area (Å²) in [5, 5.41) is 10.2. The van der Waals surface area contributed by atoms with Gasteiger partial charge < -0.3 is 10.6 Å². The second kappa shape index (κ2) is 4.39. The highest BCUT2D eigenvalue weighted by Crippen LogP contribution is 2.03. The van der Waals surface area contributed by atoms with Crippen molar-refractivity contribution >= 4 is 5.91 Å². The van der Waals surface area contributed by atoms with Gasteiger partial charge >= 0.3 is 0 Å². The first-order valence-electron chi connectivity index (χ1n) is 5.08. The molecule has 1 saturated heterocycles. The SMILES string of the molecule is Cn1ncnc1CNC1CCC(=O)NC1. The number of piperidine rings is 1. The zero-order valence-electron chi connectivity index (χ0n) is 8.73. The number of nitrogens with one attached hydrogen (secondary N) is 2. The maximum atomic E-state index is 10.9. The van der Waals surface area contributed by atoms with Crippen molar-refractivity contribution in [2.75, 3.05) is 6.54 Å². The van der Waals surface area contributed by atoms with E-state index in [2.05, 4.69) is 20.7 Å². The second-order valence-electron chi connectivity index (χ2n) is 3.72. The predicted molar refractivity (Wildman–Crippen MR) is 53.9 cm³/mol. The molecule has 1 unspecified atom stereocenters. The summed E-state index contributed by atoms with van der Waals surface area (Å²) in [7, 11) is 1.87. The van der Waals surface area contributed by atoms with E-state index in [4.69, 9.17) is 0 Å². The van der Waals surface area contributed by atoms with Crippen molar-refractivity contribution < 1.29 is 4.79 Å². The molecule has 0 aliphatic carbocycles. The molecule has 0 aromatic carbocycles. The van der Waals surface area contributed by atoms with Gasteiger partial charge in [0.15, 0.2) is 0 Å². The van der Waals surface area contributed by atoms with Crippen molar-refractivity contribution in [3.63, 3.8) is 0 Å². The summed E-state index contributed by atoms with van der Waals surface area (Å²) in [4.78, 5) is 15.0. The number of aromatic nitrogens is 3. The van der Waals surface area contributed by atoms with Crippen LogP contribution in [0.4, 0.5) is 0 Å². The van der Waals surface area contributed by atoms with Crippen LogP contribution < -0.4 is 10.6 Å². The van der Waals surface area contributed by atoms with Gasteiger partial charge in [-0.25, -0.2) is 4.98 Å². The maximum Gasteiger partial charge on any atom is 0.220 e. The molecule has 1 aliphatic heterocycles. The molecule has 1 aromatic heterocycles. The second-order valence-corrected chi connectivity index (χ2v) is 3.72. The fourth-order valence-corrected chi connectivity index (χ4v) is 1.62. The summed E-state index contributed by atoms with van der Waals surface area (Å²) in [5.74, 6) is 1.05. The van der Waals surface area contributed by atoms with Crippen molar-refractivity contribution in [1.29, 1.82) is 0 Å². The number of amides is 1. The normalized spacial score (nSPS) is 21.4. The fraction of sp³-hybridized carbons (Fsp3) is 0.667. The van der Waals surface area contributed by atoms with Crippen LogP contribution in [0.3, 0.4) is 0 Å². The van der Waals surface area contributed by atoms with E-state index in [1.54, 1.807) is 11.0 Å². The molecule has 82 valence electrons. The smallest absolute Gasteiger partial charge is 0.220 e. The molecule has 0 radical (unpaired) electrons. The summed E-state index contributed by atoms with van der Waals surface area (Å²) in [6.45, 7) is 1.40. The highest BCUT2D eigenvalue weighted by Gasteiger charge is 2.17. The topological polar surface area (TPSA) is 71.8 Å². The largest absolute Gasteiger partial charge is 0.355 e. The molecular weight excluding hydrogens is 194 g/mol. The van der Waals surface area contributed by atoms with Crippen LogP contribution in [0.1, 0.15) is 18.7 Å². The number of hydrogen-bond donors (Lipinski definition) is 2. The Labute approximate surface area is 88.1 Å². The number of rotatable bonds is 3. The van der Waals surface area contributed by atoms with Gasteiger partial charge in [-0.2, -0.15) is 5.10 Å². The van der Waals surface area contributed by atoms with Gasteiger partial charge in [0.2, 0.25) is 5.91 Å². The van der Waals surface area contributed by atoms with Gasteiger partial charge in [0.05, 0.1) is 6.54 Å². The monoisotopic (exact) mass is 209 g/mol. The first-order chi connectivity index (χ1) is 7.25. The summed E-state index contributed by atoms with van der Waals surface area (Å²) < 4.78 is 1.74. The van der Waals surface area contributed by atoms with Gasteiger partial charge in [0, 0.05) is 26.1 Å². The van der Waals surface area contributed by atoms with Crippen LogP contribution in [-0.4, -0.2) is 33.3 Å². The molecule has 0 spiro atoms. The summed E-state index contributed by atoms with van der Waals surface area (Å²) in [5.41, 5.74) is 0. The van der Waals surface area contributed by atoms with E-state index in [0.717, 1.165) is 12.2 Å². The summed E-state index contributed by atoms with van der Waals surface area (Å²) >= 11 is 0. The van der Waals surface area contributed by atoms with Crippen molar-refractivity contribution in [1.82, 2.24) is 25.4 Å². The minimum Gasteiger partial charge on any atom is -0.355 e. The quantitative estimate of drug-likeness (QED) is 0.682. The van der Waals surface area contributed by atoms with E-state index in [1.165, 1.54) is 0 Å². The molecule has 2 N–H and O–H groups in total. The lowest BCUT2D eigenvalue weighted by atomic mass is 10.1. The third kappa shape index (κ3) is 2.53. The average Bonchev–Trinajstić information content (AvgIpc) is 2.63. The molecule has 6 nitrogen and oxygen atoms in total. The summed E-state index contributed by atoms with van der Waals surface area (Å²) in [6, 6.07) is 0.347. The molecule has 1 atom stereocenters. The Morgan fingerprint density at radius 1 is 1.73 bits per heavy atom. The van der Waals surface area contributed by atoms with Crippen LogP contribution in [-0.2, 0) is 18.4 Å². The maximum absolute atomic E-state index is 10.9. The number of carbonyl (C=O) groups is 1. The van der Waals surface area contributed by atoms with Crippen LogP contribution in [0.2, 0.25) is 0 Å². The summed E-state index contributed by atoms with van der Waals surface area (Å²) in [6.07, 6.45) is 3.04. The van der Waals surface area contributed by atoms with Crippen LogP contribution in [0, 0.1) is 0 Å². The van der Waals surface area contributed by atoms with Gasteiger partial charge in [0.25, 0.3) is 0 Å². The fourth-order valence-electron chi connectivity index (χ4n) is 1.62. The Morgan fingerprint density at radius 3 is 3.20 bits per heavy atom. The van der Waals surface area contributed by atoms with Crippen molar-refractivity contribution in [3.8, 4) is 0 Å². The standard InChI is InChI=1S/C9H15N5O/c1-14-8(12-6-13-14)5-10-7-2-3-9(15)11-4-7/h6-7,10H,2-5H2,1H3,(H,11,15). The third-order valence-electron chi connectivity index (χ3n) is 2.62. The minimum atomic E-state index is 0.145.